The number of benzene rings is 2. The number of amides is 1. The molecule has 1 aliphatic carbocycles. The predicted molar refractivity (Wildman–Crippen MR) is 93.6 cm³/mol. The third-order valence-corrected chi connectivity index (χ3v) is 4.51. The van der Waals surface area contributed by atoms with Crippen molar-refractivity contribution in [2.45, 2.75) is 18.9 Å². The maximum absolute atomic E-state index is 12.9. The van der Waals surface area contributed by atoms with Gasteiger partial charge in [-0.2, -0.15) is 5.10 Å². The van der Waals surface area contributed by atoms with Crippen LogP contribution >= 0.6 is 0 Å². The summed E-state index contributed by atoms with van der Waals surface area (Å²) < 4.78 is 14.7. The molecule has 0 bridgehead atoms. The van der Waals surface area contributed by atoms with Gasteiger partial charge < -0.3 is 5.32 Å². The van der Waals surface area contributed by atoms with Crippen LogP contribution in [-0.4, -0.2) is 15.7 Å². The molecule has 1 amide bonds. The normalized spacial score (nSPS) is 18.8. The van der Waals surface area contributed by atoms with Crippen molar-refractivity contribution in [1.82, 2.24) is 9.78 Å². The van der Waals surface area contributed by atoms with E-state index in [4.69, 9.17) is 0 Å². The Morgan fingerprint density at radius 1 is 1.16 bits per heavy atom. The van der Waals surface area contributed by atoms with E-state index < -0.39 is 0 Å². The molecule has 2 atom stereocenters. The van der Waals surface area contributed by atoms with Gasteiger partial charge in [-0.1, -0.05) is 42.5 Å². The van der Waals surface area contributed by atoms with Crippen molar-refractivity contribution < 1.29 is 9.18 Å². The SMILES string of the molecule is O=C(Nc1cnn(Cc2ccc(F)cc2)c1)[C@@H]1C[C@H]1c1ccccc1. The van der Waals surface area contributed by atoms with Gasteiger partial charge in [0.05, 0.1) is 18.4 Å². The van der Waals surface area contributed by atoms with Crippen LogP contribution < -0.4 is 5.32 Å². The first-order valence-corrected chi connectivity index (χ1v) is 8.32. The summed E-state index contributed by atoms with van der Waals surface area (Å²) in [6.07, 6.45) is 4.32. The molecule has 5 heteroatoms. The fourth-order valence-electron chi connectivity index (χ4n) is 3.08. The lowest BCUT2D eigenvalue weighted by molar-refractivity contribution is -0.117. The maximum Gasteiger partial charge on any atom is 0.228 e. The molecule has 1 aromatic heterocycles. The second-order valence-corrected chi connectivity index (χ2v) is 6.40. The number of nitrogens with zero attached hydrogens (tertiary/aromatic N) is 2. The summed E-state index contributed by atoms with van der Waals surface area (Å²) in [5, 5.41) is 7.19. The van der Waals surface area contributed by atoms with Crippen LogP contribution in [0.1, 0.15) is 23.5 Å². The van der Waals surface area contributed by atoms with Crippen molar-refractivity contribution in [3.63, 3.8) is 0 Å². The second kappa shape index (κ2) is 6.51. The molecule has 0 radical (unpaired) electrons. The number of carbonyl (C=O) groups excluding carboxylic acids is 1. The monoisotopic (exact) mass is 335 g/mol. The second-order valence-electron chi connectivity index (χ2n) is 6.40. The summed E-state index contributed by atoms with van der Waals surface area (Å²) in [4.78, 5) is 12.4. The van der Waals surface area contributed by atoms with Gasteiger partial charge in [-0.15, -0.1) is 0 Å². The number of hydrogen-bond acceptors (Lipinski definition) is 2. The van der Waals surface area contributed by atoms with Crippen LogP contribution in [0.15, 0.2) is 67.0 Å². The summed E-state index contributed by atoms with van der Waals surface area (Å²) in [5.41, 5.74) is 2.86. The van der Waals surface area contributed by atoms with Crippen LogP contribution in [-0.2, 0) is 11.3 Å². The molecule has 0 unspecified atom stereocenters. The summed E-state index contributed by atoms with van der Waals surface area (Å²) in [5.74, 6) is 0.128. The Morgan fingerprint density at radius 3 is 2.68 bits per heavy atom. The molecular formula is C20H18FN3O. The first kappa shape index (κ1) is 15.6. The van der Waals surface area contributed by atoms with Gasteiger partial charge in [-0.3, -0.25) is 9.48 Å². The molecule has 0 spiro atoms. The Kier molecular flexibility index (Phi) is 4.06. The minimum Gasteiger partial charge on any atom is -0.323 e. The summed E-state index contributed by atoms with van der Waals surface area (Å²) >= 11 is 0. The lowest BCUT2D eigenvalue weighted by Gasteiger charge is -2.03. The van der Waals surface area contributed by atoms with Crippen molar-refractivity contribution in [2.75, 3.05) is 5.32 Å². The molecular weight excluding hydrogens is 317 g/mol. The molecule has 2 aromatic carbocycles. The number of hydrogen-bond donors (Lipinski definition) is 1. The molecule has 126 valence electrons. The van der Waals surface area contributed by atoms with E-state index in [0.717, 1.165) is 12.0 Å². The van der Waals surface area contributed by atoms with Crippen LogP contribution in [0, 0.1) is 11.7 Å². The average Bonchev–Trinajstić information content (AvgIpc) is 3.33. The number of carbonyl (C=O) groups is 1. The smallest absolute Gasteiger partial charge is 0.228 e. The molecule has 1 aliphatic rings. The fraction of sp³-hybridized carbons (Fsp3) is 0.200. The van der Waals surface area contributed by atoms with Gasteiger partial charge in [0.15, 0.2) is 0 Å². The minimum atomic E-state index is -0.255. The zero-order valence-corrected chi connectivity index (χ0v) is 13.6. The number of rotatable bonds is 5. The number of nitrogens with one attached hydrogen (secondary N) is 1. The van der Waals surface area contributed by atoms with Crippen LogP contribution in [0.5, 0.6) is 0 Å². The molecule has 4 rings (SSSR count). The summed E-state index contributed by atoms with van der Waals surface area (Å²) in [7, 11) is 0. The Labute approximate surface area is 145 Å². The summed E-state index contributed by atoms with van der Waals surface area (Å²) in [6, 6.07) is 16.4. The molecule has 25 heavy (non-hydrogen) atoms. The first-order chi connectivity index (χ1) is 12.2. The highest BCUT2D eigenvalue weighted by atomic mass is 19.1. The number of aromatic nitrogens is 2. The largest absolute Gasteiger partial charge is 0.323 e. The molecule has 1 N–H and O–H groups in total. The van der Waals surface area contributed by atoms with E-state index in [9.17, 15) is 9.18 Å². The fourth-order valence-corrected chi connectivity index (χ4v) is 3.08. The Hall–Kier alpha value is -2.95. The lowest BCUT2D eigenvalue weighted by atomic mass is 10.1. The van der Waals surface area contributed by atoms with E-state index in [-0.39, 0.29) is 17.6 Å². The predicted octanol–water partition coefficient (Wildman–Crippen LogP) is 3.81. The van der Waals surface area contributed by atoms with Gasteiger partial charge in [0.2, 0.25) is 5.91 Å². The van der Waals surface area contributed by atoms with Crippen LogP contribution in [0.2, 0.25) is 0 Å². The lowest BCUT2D eigenvalue weighted by Crippen LogP contribution is -2.14. The zero-order valence-electron chi connectivity index (χ0n) is 13.6. The van der Waals surface area contributed by atoms with Crippen molar-refractivity contribution in [1.29, 1.82) is 0 Å². The number of anilines is 1. The van der Waals surface area contributed by atoms with Gasteiger partial charge in [0, 0.05) is 12.1 Å². The maximum atomic E-state index is 12.9. The van der Waals surface area contributed by atoms with E-state index in [1.807, 2.05) is 18.2 Å². The number of halogens is 1. The van der Waals surface area contributed by atoms with E-state index >= 15 is 0 Å². The van der Waals surface area contributed by atoms with Crippen molar-refractivity contribution in [3.8, 4) is 0 Å². The Balaban J connectivity index is 1.35. The van der Waals surface area contributed by atoms with Crippen LogP contribution in [0.3, 0.4) is 0 Å². The van der Waals surface area contributed by atoms with Crippen LogP contribution in [0.4, 0.5) is 10.1 Å². The standard InChI is InChI=1S/C20H18FN3O/c21-16-8-6-14(7-9-16)12-24-13-17(11-22-24)23-20(25)19-10-18(19)15-4-2-1-3-5-15/h1-9,11,13,18-19H,10,12H2,(H,23,25)/t18-,19+/m0/s1. The quantitative estimate of drug-likeness (QED) is 0.771. The van der Waals surface area contributed by atoms with E-state index in [1.165, 1.54) is 17.7 Å². The molecule has 1 heterocycles. The highest BCUT2D eigenvalue weighted by Gasteiger charge is 2.43. The highest BCUT2D eigenvalue weighted by Crippen LogP contribution is 2.47. The molecule has 1 fully saturated rings. The van der Waals surface area contributed by atoms with Gasteiger partial charge in [0.25, 0.3) is 0 Å². The van der Waals surface area contributed by atoms with Crippen molar-refractivity contribution in [2.24, 2.45) is 5.92 Å². The van der Waals surface area contributed by atoms with Gasteiger partial charge >= 0.3 is 0 Å². The third-order valence-electron chi connectivity index (χ3n) is 4.51. The molecule has 4 nitrogen and oxygen atoms in total. The third kappa shape index (κ3) is 3.60. The molecule has 0 saturated heterocycles. The highest BCUT2D eigenvalue weighted by molar-refractivity contribution is 5.95. The Bertz CT molecular complexity index is 873. The van der Waals surface area contributed by atoms with Crippen molar-refractivity contribution >= 4 is 11.6 Å². The molecule has 3 aromatic rings. The van der Waals surface area contributed by atoms with Crippen molar-refractivity contribution in [3.05, 3.63) is 83.9 Å². The van der Waals surface area contributed by atoms with Gasteiger partial charge in [-0.25, -0.2) is 4.39 Å². The topological polar surface area (TPSA) is 46.9 Å². The van der Waals surface area contributed by atoms with E-state index in [2.05, 4.69) is 22.5 Å². The Morgan fingerprint density at radius 2 is 1.92 bits per heavy atom. The molecule has 1 saturated carbocycles. The minimum absolute atomic E-state index is 0.0304. The summed E-state index contributed by atoms with van der Waals surface area (Å²) in [6.45, 7) is 0.534. The van der Waals surface area contributed by atoms with Gasteiger partial charge in [-0.05, 0) is 35.6 Å². The zero-order chi connectivity index (χ0) is 17.2. The van der Waals surface area contributed by atoms with E-state index in [0.29, 0.717) is 18.2 Å². The van der Waals surface area contributed by atoms with Gasteiger partial charge in [0.1, 0.15) is 5.82 Å². The average molecular weight is 335 g/mol. The van der Waals surface area contributed by atoms with Crippen LogP contribution in [0.25, 0.3) is 0 Å². The first-order valence-electron chi connectivity index (χ1n) is 8.32. The molecule has 0 aliphatic heterocycles. The van der Waals surface area contributed by atoms with E-state index in [1.54, 1.807) is 29.2 Å².